The van der Waals surface area contributed by atoms with Crippen LogP contribution < -0.4 is 0 Å². The van der Waals surface area contributed by atoms with Crippen molar-refractivity contribution in [3.05, 3.63) is 35.9 Å². The van der Waals surface area contributed by atoms with Crippen LogP contribution in [0, 0.1) is 0 Å². The fraction of sp³-hybridized carbons (Fsp3) is 0.700. The average molecular weight is 444 g/mol. The SMILES string of the molecule is COC1O[C@H](CO)[C@@H](O[C@H]2O[C@@H]3CO[C@@H](c4ccccc4)O[C@H]3[C@H](O)[C@H]2O)[C@H](O)[C@H]1O. The summed E-state index contributed by atoms with van der Waals surface area (Å²) in [4.78, 5) is 0. The molecule has 0 saturated carbocycles. The molecule has 0 amide bonds. The third kappa shape index (κ3) is 4.49. The number of fused-ring (bicyclic) bond motifs is 1. The molecule has 4 rings (SSSR count). The van der Waals surface area contributed by atoms with Gasteiger partial charge in [0.2, 0.25) is 0 Å². The van der Waals surface area contributed by atoms with E-state index >= 15 is 0 Å². The van der Waals surface area contributed by atoms with E-state index in [4.69, 9.17) is 28.4 Å². The van der Waals surface area contributed by atoms with Crippen LogP contribution in [0.2, 0.25) is 0 Å². The molecule has 3 aliphatic rings. The first-order valence-electron chi connectivity index (χ1n) is 10.1. The maximum atomic E-state index is 10.7. The summed E-state index contributed by atoms with van der Waals surface area (Å²) in [5.74, 6) is 0. The van der Waals surface area contributed by atoms with Gasteiger partial charge in [-0.1, -0.05) is 30.3 Å². The number of hydrogen-bond donors (Lipinski definition) is 5. The van der Waals surface area contributed by atoms with Crippen LogP contribution in [0.5, 0.6) is 0 Å². The van der Waals surface area contributed by atoms with Crippen LogP contribution >= 0.6 is 0 Å². The number of rotatable bonds is 5. The number of methoxy groups -OCH3 is 1. The van der Waals surface area contributed by atoms with Crippen LogP contribution in [0.15, 0.2) is 30.3 Å². The van der Waals surface area contributed by atoms with Crippen LogP contribution in [0.3, 0.4) is 0 Å². The number of ether oxygens (including phenoxy) is 6. The average Bonchev–Trinajstić information content (AvgIpc) is 2.80. The standard InChI is InChI=1S/C20H28O11/c1-26-19-14(24)12(22)16(10(7-21)28-19)31-20-15(25)13(23)17-11(29-20)8-27-18(30-17)9-5-3-2-4-6-9/h2-6,10-25H,7-8H2,1H3/t10-,11-,12-,13-,14-,15-,16-,17-,18-,19?,20-/m1/s1. The molecular weight excluding hydrogens is 416 g/mol. The molecule has 11 atom stereocenters. The van der Waals surface area contributed by atoms with Crippen LogP contribution in [0.4, 0.5) is 0 Å². The Bertz CT molecular complexity index is 702. The molecule has 3 fully saturated rings. The highest BCUT2D eigenvalue weighted by Gasteiger charge is 2.52. The Balaban J connectivity index is 1.44. The normalized spacial score (nSPS) is 45.8. The zero-order valence-corrected chi connectivity index (χ0v) is 16.8. The summed E-state index contributed by atoms with van der Waals surface area (Å²) >= 11 is 0. The largest absolute Gasteiger partial charge is 0.394 e. The Morgan fingerprint density at radius 1 is 0.903 bits per heavy atom. The topological polar surface area (TPSA) is 157 Å². The van der Waals surface area contributed by atoms with Crippen molar-refractivity contribution in [3.8, 4) is 0 Å². The molecule has 31 heavy (non-hydrogen) atoms. The molecule has 1 aromatic rings. The van der Waals surface area contributed by atoms with Crippen molar-refractivity contribution in [3.63, 3.8) is 0 Å². The number of benzene rings is 1. The summed E-state index contributed by atoms with van der Waals surface area (Å²) in [7, 11) is 1.28. The molecule has 3 aliphatic heterocycles. The predicted molar refractivity (Wildman–Crippen MR) is 100 cm³/mol. The van der Waals surface area contributed by atoms with Gasteiger partial charge >= 0.3 is 0 Å². The minimum atomic E-state index is -1.53. The van der Waals surface area contributed by atoms with Crippen molar-refractivity contribution in [1.82, 2.24) is 0 Å². The van der Waals surface area contributed by atoms with Gasteiger partial charge in [0.15, 0.2) is 18.9 Å². The first-order chi connectivity index (χ1) is 14.9. The Hall–Kier alpha value is -1.22. The summed E-state index contributed by atoms with van der Waals surface area (Å²) in [6.07, 6.45) is -13.1. The summed E-state index contributed by atoms with van der Waals surface area (Å²) in [5, 5.41) is 51.4. The van der Waals surface area contributed by atoms with Crippen molar-refractivity contribution in [2.24, 2.45) is 0 Å². The van der Waals surface area contributed by atoms with Crippen molar-refractivity contribution < 1.29 is 54.0 Å². The third-order valence-corrected chi connectivity index (χ3v) is 5.75. The van der Waals surface area contributed by atoms with Crippen molar-refractivity contribution in [1.29, 1.82) is 0 Å². The lowest BCUT2D eigenvalue weighted by atomic mass is 9.96. The van der Waals surface area contributed by atoms with Crippen LogP contribution in [-0.4, -0.2) is 107 Å². The Labute approximate surface area is 178 Å². The highest BCUT2D eigenvalue weighted by atomic mass is 16.8. The Morgan fingerprint density at radius 2 is 1.61 bits per heavy atom. The second kappa shape index (κ2) is 9.73. The van der Waals surface area contributed by atoms with E-state index in [0.717, 1.165) is 5.56 Å². The highest BCUT2D eigenvalue weighted by Crippen LogP contribution is 2.35. The smallest absolute Gasteiger partial charge is 0.187 e. The Morgan fingerprint density at radius 3 is 2.29 bits per heavy atom. The lowest BCUT2D eigenvalue weighted by molar-refractivity contribution is -0.385. The maximum Gasteiger partial charge on any atom is 0.187 e. The van der Waals surface area contributed by atoms with Crippen LogP contribution in [0.25, 0.3) is 0 Å². The first-order valence-corrected chi connectivity index (χ1v) is 10.1. The molecule has 0 bridgehead atoms. The van der Waals surface area contributed by atoms with E-state index < -0.39 is 74.3 Å². The summed E-state index contributed by atoms with van der Waals surface area (Å²) in [6, 6.07) is 9.16. The fourth-order valence-corrected chi connectivity index (χ4v) is 4.04. The quantitative estimate of drug-likeness (QED) is 0.343. The van der Waals surface area contributed by atoms with E-state index in [1.807, 2.05) is 30.3 Å². The van der Waals surface area contributed by atoms with Gasteiger partial charge in [-0.25, -0.2) is 0 Å². The molecule has 3 heterocycles. The number of aliphatic hydroxyl groups is 5. The van der Waals surface area contributed by atoms with Gasteiger partial charge in [0.05, 0.1) is 13.2 Å². The van der Waals surface area contributed by atoms with E-state index in [9.17, 15) is 25.5 Å². The van der Waals surface area contributed by atoms with E-state index in [2.05, 4.69) is 0 Å². The maximum absolute atomic E-state index is 10.7. The molecule has 0 aromatic heterocycles. The fourth-order valence-electron chi connectivity index (χ4n) is 4.04. The van der Waals surface area contributed by atoms with Gasteiger partial charge in [-0.05, 0) is 0 Å². The van der Waals surface area contributed by atoms with Gasteiger partial charge in [-0.3, -0.25) is 0 Å². The molecule has 174 valence electrons. The van der Waals surface area contributed by atoms with E-state index in [0.29, 0.717) is 0 Å². The molecule has 5 N–H and O–H groups in total. The van der Waals surface area contributed by atoms with Gasteiger partial charge in [-0.15, -0.1) is 0 Å². The van der Waals surface area contributed by atoms with Crippen molar-refractivity contribution in [2.45, 2.75) is 67.7 Å². The van der Waals surface area contributed by atoms with Crippen LogP contribution in [-0.2, 0) is 28.4 Å². The summed E-state index contributed by atoms with van der Waals surface area (Å²) in [6.45, 7) is -0.480. The molecule has 0 aliphatic carbocycles. The molecule has 11 nitrogen and oxygen atoms in total. The predicted octanol–water partition coefficient (Wildman–Crippen LogP) is -1.98. The minimum absolute atomic E-state index is 0.0649. The number of aliphatic hydroxyl groups excluding tert-OH is 5. The second-order valence-electron chi connectivity index (χ2n) is 7.74. The lowest BCUT2D eigenvalue weighted by Crippen LogP contribution is -2.65. The van der Waals surface area contributed by atoms with Gasteiger partial charge in [0, 0.05) is 12.7 Å². The van der Waals surface area contributed by atoms with Gasteiger partial charge < -0.3 is 54.0 Å². The van der Waals surface area contributed by atoms with Gasteiger partial charge in [0.1, 0.15) is 48.8 Å². The molecule has 3 saturated heterocycles. The monoisotopic (exact) mass is 444 g/mol. The zero-order valence-electron chi connectivity index (χ0n) is 16.8. The highest BCUT2D eigenvalue weighted by molar-refractivity contribution is 5.16. The van der Waals surface area contributed by atoms with Crippen molar-refractivity contribution >= 4 is 0 Å². The number of hydrogen-bond acceptors (Lipinski definition) is 11. The Kier molecular flexibility index (Phi) is 7.20. The minimum Gasteiger partial charge on any atom is -0.394 e. The molecule has 0 radical (unpaired) electrons. The van der Waals surface area contributed by atoms with Gasteiger partial charge in [0.25, 0.3) is 0 Å². The van der Waals surface area contributed by atoms with E-state index in [1.165, 1.54) is 7.11 Å². The molecule has 1 aromatic carbocycles. The second-order valence-corrected chi connectivity index (χ2v) is 7.74. The summed E-state index contributed by atoms with van der Waals surface area (Å²) < 4.78 is 33.3. The molecule has 0 spiro atoms. The van der Waals surface area contributed by atoms with E-state index in [1.54, 1.807) is 0 Å². The molecular formula is C20H28O11. The first kappa shape index (κ1) is 23.0. The van der Waals surface area contributed by atoms with Gasteiger partial charge in [-0.2, -0.15) is 0 Å². The van der Waals surface area contributed by atoms with E-state index in [-0.39, 0.29) is 6.61 Å². The third-order valence-electron chi connectivity index (χ3n) is 5.75. The van der Waals surface area contributed by atoms with Crippen molar-refractivity contribution in [2.75, 3.05) is 20.3 Å². The zero-order chi connectivity index (χ0) is 22.1. The molecule has 11 heteroatoms. The molecule has 1 unspecified atom stereocenters. The summed E-state index contributed by atoms with van der Waals surface area (Å²) in [5.41, 5.74) is 0.760. The lowest BCUT2D eigenvalue weighted by Gasteiger charge is -2.48. The van der Waals surface area contributed by atoms with Crippen LogP contribution in [0.1, 0.15) is 11.9 Å².